The normalized spacial score (nSPS) is 12.3. The average Bonchev–Trinajstić information content (AvgIpc) is 2.26. The van der Waals surface area contributed by atoms with Gasteiger partial charge in [-0.2, -0.15) is 0 Å². The molecular weight excluding hydrogens is 211 g/mol. The molecule has 0 saturated carbocycles. The molecule has 1 N–H and O–H groups in total. The summed E-state index contributed by atoms with van der Waals surface area (Å²) in [5.74, 6) is 0.910. The van der Waals surface area contributed by atoms with Crippen molar-refractivity contribution in [2.24, 2.45) is 0 Å². The van der Waals surface area contributed by atoms with E-state index in [0.29, 0.717) is 23.5 Å². The summed E-state index contributed by atoms with van der Waals surface area (Å²) in [6.07, 6.45) is -0.00144. The number of aliphatic hydroxyl groups excluding tert-OH is 1. The largest absolute Gasteiger partial charge is 0.493 e. The van der Waals surface area contributed by atoms with Gasteiger partial charge in [-0.15, -0.1) is 0 Å². The smallest absolute Gasteiger partial charge is 0.166 e. The van der Waals surface area contributed by atoms with Crippen molar-refractivity contribution in [3.63, 3.8) is 0 Å². The molecule has 16 heavy (non-hydrogen) atoms. The minimum Gasteiger partial charge on any atom is -0.493 e. The van der Waals surface area contributed by atoms with Crippen molar-refractivity contribution < 1.29 is 19.0 Å². The molecule has 3 nitrogen and oxygen atoms in total. The summed E-state index contributed by atoms with van der Waals surface area (Å²) in [7, 11) is 2.98. The van der Waals surface area contributed by atoms with Crippen LogP contribution < -0.4 is 9.47 Å². The Kier molecular flexibility index (Phi) is 4.55. The van der Waals surface area contributed by atoms with Crippen LogP contribution in [0.4, 0.5) is 4.39 Å². The van der Waals surface area contributed by atoms with E-state index in [1.54, 1.807) is 19.1 Å². The summed E-state index contributed by atoms with van der Waals surface area (Å²) < 4.78 is 23.0. The summed E-state index contributed by atoms with van der Waals surface area (Å²) in [4.78, 5) is 0. The Hall–Kier alpha value is -1.29. The minimum atomic E-state index is -0.618. The molecule has 0 aliphatic heterocycles. The van der Waals surface area contributed by atoms with Crippen LogP contribution in [0.25, 0.3) is 0 Å². The zero-order valence-electron chi connectivity index (χ0n) is 9.79. The predicted octanol–water partition coefficient (Wildman–Crippen LogP) is 2.10. The fourth-order valence-electron chi connectivity index (χ4n) is 1.66. The van der Waals surface area contributed by atoms with Gasteiger partial charge in [-0.1, -0.05) is 0 Å². The summed E-state index contributed by atoms with van der Waals surface area (Å²) in [5.41, 5.74) is 1.28. The lowest BCUT2D eigenvalue weighted by Gasteiger charge is -2.14. The first-order valence-electron chi connectivity index (χ1n) is 5.10. The van der Waals surface area contributed by atoms with Crippen LogP contribution >= 0.6 is 0 Å². The Morgan fingerprint density at radius 2 is 2.00 bits per heavy atom. The van der Waals surface area contributed by atoms with Gasteiger partial charge in [0.2, 0.25) is 0 Å². The number of rotatable bonds is 5. The molecule has 0 aromatic heterocycles. The third kappa shape index (κ3) is 2.85. The third-order valence-corrected chi connectivity index (χ3v) is 2.29. The molecule has 1 atom stereocenters. The quantitative estimate of drug-likeness (QED) is 0.838. The monoisotopic (exact) mass is 228 g/mol. The van der Waals surface area contributed by atoms with Gasteiger partial charge in [-0.05, 0) is 31.0 Å². The second-order valence-electron chi connectivity index (χ2n) is 3.68. The van der Waals surface area contributed by atoms with E-state index in [2.05, 4.69) is 0 Å². The molecule has 4 heteroatoms. The van der Waals surface area contributed by atoms with E-state index in [1.807, 2.05) is 0 Å². The molecule has 1 aromatic carbocycles. The van der Waals surface area contributed by atoms with Crippen LogP contribution in [-0.2, 0) is 13.1 Å². The topological polar surface area (TPSA) is 38.7 Å². The Bertz CT molecular complexity index is 325. The number of hydrogen-bond acceptors (Lipinski definition) is 3. The van der Waals surface area contributed by atoms with E-state index < -0.39 is 12.8 Å². The van der Waals surface area contributed by atoms with Gasteiger partial charge in [-0.3, -0.25) is 0 Å². The Morgan fingerprint density at radius 1 is 1.31 bits per heavy atom. The van der Waals surface area contributed by atoms with E-state index in [4.69, 9.17) is 9.47 Å². The molecule has 1 unspecified atom stereocenters. The zero-order chi connectivity index (χ0) is 12.1. The molecule has 0 heterocycles. The predicted molar refractivity (Wildman–Crippen MR) is 59.7 cm³/mol. The van der Waals surface area contributed by atoms with Crippen molar-refractivity contribution in [2.75, 3.05) is 14.2 Å². The number of ether oxygens (including phenoxy) is 2. The molecule has 0 saturated heterocycles. The Labute approximate surface area is 94.8 Å². The van der Waals surface area contributed by atoms with Gasteiger partial charge < -0.3 is 14.6 Å². The molecule has 0 radical (unpaired) electrons. The van der Waals surface area contributed by atoms with Crippen molar-refractivity contribution in [1.29, 1.82) is 0 Å². The van der Waals surface area contributed by atoms with Crippen LogP contribution in [0.2, 0.25) is 0 Å². The van der Waals surface area contributed by atoms with E-state index >= 15 is 0 Å². The number of halogens is 1. The van der Waals surface area contributed by atoms with Gasteiger partial charge in [-0.25, -0.2) is 4.39 Å². The molecule has 0 fully saturated rings. The minimum absolute atomic E-state index is 0.416. The summed E-state index contributed by atoms with van der Waals surface area (Å²) in [6.45, 7) is 1.07. The first-order valence-corrected chi connectivity index (χ1v) is 5.10. The average molecular weight is 228 g/mol. The lowest BCUT2D eigenvalue weighted by atomic mass is 10.0. The number of methoxy groups -OCH3 is 2. The van der Waals surface area contributed by atoms with E-state index in [-0.39, 0.29) is 0 Å². The number of benzene rings is 1. The number of hydrogen-bond donors (Lipinski definition) is 1. The standard InChI is InChI=1S/C12H17FO3/c1-8(14)4-9-5-10(7-13)12(16-3)11(6-9)15-2/h5-6,8,14H,4,7H2,1-3H3. The highest BCUT2D eigenvalue weighted by atomic mass is 19.1. The van der Waals surface area contributed by atoms with Gasteiger partial charge in [0.05, 0.1) is 20.3 Å². The lowest BCUT2D eigenvalue weighted by Crippen LogP contribution is -2.05. The van der Waals surface area contributed by atoms with Crippen LogP contribution in [0.3, 0.4) is 0 Å². The highest BCUT2D eigenvalue weighted by Crippen LogP contribution is 2.33. The molecule has 0 spiro atoms. The Balaban J connectivity index is 3.15. The Morgan fingerprint density at radius 3 is 2.44 bits per heavy atom. The number of alkyl halides is 1. The zero-order valence-corrected chi connectivity index (χ0v) is 9.79. The van der Waals surface area contributed by atoms with Gasteiger partial charge in [0.25, 0.3) is 0 Å². The molecular formula is C12H17FO3. The van der Waals surface area contributed by atoms with Crippen molar-refractivity contribution in [2.45, 2.75) is 26.1 Å². The maximum atomic E-state index is 12.8. The summed E-state index contributed by atoms with van der Waals surface area (Å²) in [5, 5.41) is 9.29. The van der Waals surface area contributed by atoms with Crippen LogP contribution in [0, 0.1) is 0 Å². The van der Waals surface area contributed by atoms with Gasteiger partial charge in [0.1, 0.15) is 6.67 Å². The highest BCUT2D eigenvalue weighted by Gasteiger charge is 2.13. The molecule has 0 amide bonds. The first kappa shape index (κ1) is 12.8. The van der Waals surface area contributed by atoms with Crippen molar-refractivity contribution >= 4 is 0 Å². The van der Waals surface area contributed by atoms with Crippen LogP contribution in [-0.4, -0.2) is 25.4 Å². The fourth-order valence-corrected chi connectivity index (χ4v) is 1.66. The SMILES string of the molecule is COc1cc(CC(C)O)cc(CF)c1OC. The maximum absolute atomic E-state index is 12.8. The molecule has 0 bridgehead atoms. The summed E-state index contributed by atoms with van der Waals surface area (Å²) >= 11 is 0. The summed E-state index contributed by atoms with van der Waals surface area (Å²) in [6, 6.07) is 3.44. The van der Waals surface area contributed by atoms with Crippen molar-refractivity contribution in [3.8, 4) is 11.5 Å². The van der Waals surface area contributed by atoms with Gasteiger partial charge >= 0.3 is 0 Å². The molecule has 1 aromatic rings. The number of aliphatic hydroxyl groups is 1. The second kappa shape index (κ2) is 5.70. The van der Waals surface area contributed by atoms with E-state index in [1.165, 1.54) is 14.2 Å². The molecule has 0 aliphatic carbocycles. The first-order chi connectivity index (χ1) is 7.62. The van der Waals surface area contributed by atoms with Crippen LogP contribution in [0.5, 0.6) is 11.5 Å². The van der Waals surface area contributed by atoms with Crippen LogP contribution in [0.15, 0.2) is 12.1 Å². The maximum Gasteiger partial charge on any atom is 0.166 e. The second-order valence-corrected chi connectivity index (χ2v) is 3.68. The van der Waals surface area contributed by atoms with Crippen molar-refractivity contribution in [1.82, 2.24) is 0 Å². The third-order valence-electron chi connectivity index (χ3n) is 2.29. The molecule has 0 aliphatic rings. The molecule has 90 valence electrons. The molecule has 1 rings (SSSR count). The highest BCUT2D eigenvalue weighted by molar-refractivity contribution is 5.49. The fraction of sp³-hybridized carbons (Fsp3) is 0.500. The van der Waals surface area contributed by atoms with Gasteiger partial charge in [0.15, 0.2) is 11.5 Å². The lowest BCUT2D eigenvalue weighted by molar-refractivity contribution is 0.195. The van der Waals surface area contributed by atoms with Crippen molar-refractivity contribution in [3.05, 3.63) is 23.3 Å². The van der Waals surface area contributed by atoms with E-state index in [0.717, 1.165) is 5.56 Å². The van der Waals surface area contributed by atoms with E-state index in [9.17, 15) is 9.50 Å². The van der Waals surface area contributed by atoms with Crippen LogP contribution in [0.1, 0.15) is 18.1 Å². The van der Waals surface area contributed by atoms with Gasteiger partial charge in [0, 0.05) is 5.56 Å².